The number of carbonyl (C=O) groups excluding carboxylic acids is 2. The molecule has 0 bridgehead atoms. The third-order valence-corrected chi connectivity index (χ3v) is 6.23. The van der Waals surface area contributed by atoms with Gasteiger partial charge in [0.25, 0.3) is 0 Å². The van der Waals surface area contributed by atoms with Crippen molar-refractivity contribution < 1.29 is 22.7 Å². The number of benzene rings is 1. The fraction of sp³-hybridized carbons (Fsp3) is 0.222. The Morgan fingerprint density at radius 1 is 1.30 bits per heavy atom. The summed E-state index contributed by atoms with van der Waals surface area (Å²) in [6.45, 7) is 1.46. The van der Waals surface area contributed by atoms with Crippen LogP contribution >= 0.6 is 22.9 Å². The van der Waals surface area contributed by atoms with Gasteiger partial charge in [0.2, 0.25) is 0 Å². The molecule has 3 aromatic rings. The lowest BCUT2D eigenvalue weighted by Crippen LogP contribution is -2.04. The summed E-state index contributed by atoms with van der Waals surface area (Å²) in [5.41, 5.74) is 2.95. The zero-order valence-corrected chi connectivity index (χ0v) is 17.1. The van der Waals surface area contributed by atoms with Crippen LogP contribution in [0.2, 0.25) is 5.02 Å². The number of methoxy groups -OCH3 is 1. The van der Waals surface area contributed by atoms with Gasteiger partial charge in [-0.2, -0.15) is 0 Å². The number of aromatic amines is 1. The number of sulfone groups is 1. The summed E-state index contributed by atoms with van der Waals surface area (Å²) in [7, 11) is -1.96. The summed E-state index contributed by atoms with van der Waals surface area (Å²) in [5, 5.41) is 2.01. The van der Waals surface area contributed by atoms with E-state index in [2.05, 4.69) is 4.98 Å². The molecule has 0 aliphatic rings. The zero-order valence-electron chi connectivity index (χ0n) is 14.8. The van der Waals surface area contributed by atoms with Gasteiger partial charge in [0, 0.05) is 22.2 Å². The Morgan fingerprint density at radius 3 is 2.56 bits per heavy atom. The van der Waals surface area contributed by atoms with Crippen LogP contribution in [0, 0.1) is 0 Å². The first-order chi connectivity index (χ1) is 12.6. The van der Waals surface area contributed by atoms with Crippen LogP contribution in [0.4, 0.5) is 0 Å². The summed E-state index contributed by atoms with van der Waals surface area (Å²) in [4.78, 5) is 27.1. The third-order valence-electron chi connectivity index (χ3n) is 4.05. The van der Waals surface area contributed by atoms with Gasteiger partial charge in [-0.15, -0.1) is 11.3 Å². The SMILES string of the molecule is COC(=O)c1[nH]c2c(C(C)=O)csc2c1-c1ccc(CS(C)(=O)=O)c(Cl)c1. The van der Waals surface area contributed by atoms with Crippen molar-refractivity contribution in [2.45, 2.75) is 12.7 Å². The van der Waals surface area contributed by atoms with Crippen LogP contribution in [0.5, 0.6) is 0 Å². The van der Waals surface area contributed by atoms with Gasteiger partial charge in [-0.25, -0.2) is 13.2 Å². The average molecular weight is 426 g/mol. The number of ketones is 1. The monoisotopic (exact) mass is 425 g/mol. The topological polar surface area (TPSA) is 93.3 Å². The maximum absolute atomic E-state index is 12.2. The van der Waals surface area contributed by atoms with Crippen LogP contribution < -0.4 is 0 Å². The van der Waals surface area contributed by atoms with E-state index < -0.39 is 15.8 Å². The Labute approximate surface area is 165 Å². The molecule has 1 aromatic carbocycles. The Balaban J connectivity index is 2.22. The highest BCUT2D eigenvalue weighted by molar-refractivity contribution is 7.89. The quantitative estimate of drug-likeness (QED) is 0.491. The molecule has 27 heavy (non-hydrogen) atoms. The van der Waals surface area contributed by atoms with Crippen LogP contribution in [0.3, 0.4) is 0 Å². The molecule has 9 heteroatoms. The second-order valence-corrected chi connectivity index (χ2v) is 9.58. The van der Waals surface area contributed by atoms with Gasteiger partial charge < -0.3 is 9.72 Å². The van der Waals surface area contributed by atoms with E-state index >= 15 is 0 Å². The van der Waals surface area contributed by atoms with E-state index in [-0.39, 0.29) is 22.3 Å². The highest BCUT2D eigenvalue weighted by atomic mass is 35.5. The molecular formula is C18H16ClNO5S2. The maximum Gasteiger partial charge on any atom is 0.355 e. The van der Waals surface area contributed by atoms with Crippen molar-refractivity contribution in [3.05, 3.63) is 45.4 Å². The minimum Gasteiger partial charge on any atom is -0.464 e. The van der Waals surface area contributed by atoms with Gasteiger partial charge in [0.1, 0.15) is 5.69 Å². The van der Waals surface area contributed by atoms with E-state index in [0.29, 0.717) is 27.8 Å². The molecule has 0 fully saturated rings. The molecular weight excluding hydrogens is 410 g/mol. The Hall–Kier alpha value is -2.16. The number of hydrogen-bond acceptors (Lipinski definition) is 6. The van der Waals surface area contributed by atoms with E-state index in [1.54, 1.807) is 23.6 Å². The summed E-state index contributed by atoms with van der Waals surface area (Å²) in [5.74, 6) is -0.863. The van der Waals surface area contributed by atoms with E-state index in [0.717, 1.165) is 11.0 Å². The first kappa shape index (κ1) is 19.6. The molecule has 2 heterocycles. The lowest BCUT2D eigenvalue weighted by atomic mass is 10.0. The molecule has 142 valence electrons. The molecule has 1 N–H and O–H groups in total. The third kappa shape index (κ3) is 3.78. The zero-order chi connectivity index (χ0) is 19.9. The van der Waals surface area contributed by atoms with Crippen molar-refractivity contribution >= 4 is 54.7 Å². The summed E-state index contributed by atoms with van der Waals surface area (Å²) >= 11 is 7.62. The van der Waals surface area contributed by atoms with Crippen molar-refractivity contribution in [1.82, 2.24) is 4.98 Å². The minimum atomic E-state index is -3.23. The second-order valence-electron chi connectivity index (χ2n) is 6.15. The van der Waals surface area contributed by atoms with E-state index in [9.17, 15) is 18.0 Å². The van der Waals surface area contributed by atoms with Crippen LogP contribution in [0.25, 0.3) is 21.3 Å². The number of esters is 1. The van der Waals surface area contributed by atoms with Crippen molar-refractivity contribution in [2.24, 2.45) is 0 Å². The number of rotatable bonds is 5. The molecule has 3 rings (SSSR count). The van der Waals surface area contributed by atoms with E-state index in [1.165, 1.54) is 25.4 Å². The normalized spacial score (nSPS) is 11.7. The van der Waals surface area contributed by atoms with Crippen LogP contribution in [0.1, 0.15) is 33.3 Å². The fourth-order valence-corrected chi connectivity index (χ4v) is 5.14. The lowest BCUT2D eigenvalue weighted by molar-refractivity contribution is 0.0595. The van der Waals surface area contributed by atoms with Gasteiger partial charge in [0.05, 0.1) is 28.6 Å². The molecule has 0 saturated carbocycles. The van der Waals surface area contributed by atoms with Crippen LogP contribution in [-0.4, -0.2) is 38.5 Å². The minimum absolute atomic E-state index is 0.119. The molecule has 0 atom stereocenters. The Kier molecular flexibility index (Phi) is 5.16. The predicted octanol–water partition coefficient (Wildman–Crippen LogP) is 4.08. The molecule has 0 saturated heterocycles. The molecule has 0 unspecified atom stereocenters. The number of aromatic nitrogens is 1. The van der Waals surface area contributed by atoms with Gasteiger partial charge in [-0.05, 0) is 24.1 Å². The summed E-state index contributed by atoms with van der Waals surface area (Å²) in [6, 6.07) is 4.94. The van der Waals surface area contributed by atoms with Gasteiger partial charge >= 0.3 is 5.97 Å². The average Bonchev–Trinajstić information content (AvgIpc) is 3.13. The van der Waals surface area contributed by atoms with E-state index in [1.807, 2.05) is 0 Å². The van der Waals surface area contributed by atoms with Gasteiger partial charge in [-0.1, -0.05) is 23.7 Å². The van der Waals surface area contributed by atoms with Crippen molar-refractivity contribution in [3.63, 3.8) is 0 Å². The second kappa shape index (κ2) is 7.10. The van der Waals surface area contributed by atoms with Gasteiger partial charge in [0.15, 0.2) is 15.6 Å². The lowest BCUT2D eigenvalue weighted by Gasteiger charge is -2.08. The van der Waals surface area contributed by atoms with E-state index in [4.69, 9.17) is 16.3 Å². The fourth-order valence-electron chi connectivity index (χ4n) is 2.86. The Morgan fingerprint density at radius 2 is 2.00 bits per heavy atom. The predicted molar refractivity (Wildman–Crippen MR) is 107 cm³/mol. The highest BCUT2D eigenvalue weighted by Gasteiger charge is 2.24. The van der Waals surface area contributed by atoms with Crippen LogP contribution in [0.15, 0.2) is 23.6 Å². The summed E-state index contributed by atoms with van der Waals surface area (Å²) < 4.78 is 28.7. The molecule has 0 aliphatic carbocycles. The number of fused-ring (bicyclic) bond motifs is 1. The van der Waals surface area contributed by atoms with Crippen LogP contribution in [-0.2, 0) is 20.3 Å². The largest absolute Gasteiger partial charge is 0.464 e. The Bertz CT molecular complexity index is 1170. The standard InChI is InChI=1S/C18H16ClNO5S2/c1-9(21)12-7-26-17-14(16(18(22)25-2)20-15(12)17)10-4-5-11(13(19)6-10)8-27(3,23)24/h4-7,20H,8H2,1-3H3. The number of carbonyl (C=O) groups is 2. The number of hydrogen-bond donors (Lipinski definition) is 1. The molecule has 2 aromatic heterocycles. The van der Waals surface area contributed by atoms with Crippen molar-refractivity contribution in [1.29, 1.82) is 0 Å². The number of Topliss-reactive ketones (excluding diaryl/α,β-unsaturated/α-hetero) is 1. The molecule has 6 nitrogen and oxygen atoms in total. The number of H-pyrrole nitrogens is 1. The summed E-state index contributed by atoms with van der Waals surface area (Å²) in [6.07, 6.45) is 1.14. The van der Waals surface area contributed by atoms with Crippen molar-refractivity contribution in [3.8, 4) is 11.1 Å². The molecule has 0 amide bonds. The maximum atomic E-state index is 12.2. The first-order valence-corrected chi connectivity index (χ1v) is 11.1. The number of thiophene rings is 1. The number of nitrogens with one attached hydrogen (secondary N) is 1. The number of ether oxygens (including phenoxy) is 1. The number of halogens is 1. The smallest absolute Gasteiger partial charge is 0.355 e. The molecule has 0 radical (unpaired) electrons. The van der Waals surface area contributed by atoms with Crippen molar-refractivity contribution in [2.75, 3.05) is 13.4 Å². The molecule has 0 spiro atoms. The highest BCUT2D eigenvalue weighted by Crippen LogP contribution is 2.39. The van der Waals surface area contributed by atoms with Gasteiger partial charge in [-0.3, -0.25) is 4.79 Å². The first-order valence-electron chi connectivity index (χ1n) is 7.81. The molecule has 0 aliphatic heterocycles.